The molecule has 1 fully saturated rings. The Kier molecular flexibility index (Phi) is 8.63. The van der Waals surface area contributed by atoms with E-state index in [0.29, 0.717) is 17.3 Å². The zero-order valence-electron chi connectivity index (χ0n) is 19.6. The van der Waals surface area contributed by atoms with Gasteiger partial charge in [-0.2, -0.15) is 13.2 Å². The smallest absolute Gasteiger partial charge is 0.353 e. The van der Waals surface area contributed by atoms with Crippen LogP contribution in [0.5, 0.6) is 0 Å². The van der Waals surface area contributed by atoms with Crippen LogP contribution in [0.25, 0.3) is 0 Å². The molecule has 1 amide bonds. The Morgan fingerprint density at radius 2 is 1.94 bits per heavy atom. The Balaban J connectivity index is 1.13. The van der Waals surface area contributed by atoms with E-state index in [2.05, 4.69) is 20.2 Å². The number of amides is 1. The number of thiazole rings is 2. The highest BCUT2D eigenvalue weighted by atomic mass is 32.1. The van der Waals surface area contributed by atoms with E-state index < -0.39 is 12.6 Å². The Morgan fingerprint density at radius 1 is 1.18 bits per heavy atom. The molecule has 0 aromatic carbocycles. The number of rotatable bonds is 8. The van der Waals surface area contributed by atoms with Crippen LogP contribution < -0.4 is 5.32 Å². The second kappa shape index (κ2) is 11.5. The van der Waals surface area contributed by atoms with Crippen molar-refractivity contribution in [1.29, 1.82) is 0 Å². The number of carbonyl (C=O) groups excluding carboxylic acids is 1. The molecule has 34 heavy (non-hydrogen) atoms. The molecule has 0 bridgehead atoms. The van der Waals surface area contributed by atoms with Crippen LogP contribution in [0.3, 0.4) is 0 Å². The largest absolute Gasteiger partial charge is 0.389 e. The van der Waals surface area contributed by atoms with Crippen LogP contribution in [0.15, 0.2) is 6.20 Å². The van der Waals surface area contributed by atoms with Gasteiger partial charge in [-0.15, -0.1) is 22.7 Å². The SMILES string of the molecule is Cc1ncc(CC(=O)NC2CCC(CCN3CCc4nc(CCC(F)(F)F)sc4CC3)CC2)s1. The fourth-order valence-corrected chi connectivity index (χ4v) is 6.82. The summed E-state index contributed by atoms with van der Waals surface area (Å²) in [5, 5.41) is 4.82. The van der Waals surface area contributed by atoms with Crippen LogP contribution in [0.4, 0.5) is 13.2 Å². The summed E-state index contributed by atoms with van der Waals surface area (Å²) in [6.45, 7) is 4.89. The van der Waals surface area contributed by atoms with Gasteiger partial charge in [0.05, 0.1) is 22.1 Å². The molecule has 2 aliphatic rings. The third-order valence-electron chi connectivity index (χ3n) is 6.83. The highest BCUT2D eigenvalue weighted by Gasteiger charge is 2.28. The van der Waals surface area contributed by atoms with Crippen LogP contribution in [0, 0.1) is 12.8 Å². The van der Waals surface area contributed by atoms with Crippen molar-refractivity contribution >= 4 is 28.6 Å². The molecule has 1 N–H and O–H groups in total. The molecule has 4 rings (SSSR count). The molecule has 0 saturated heterocycles. The standard InChI is InChI=1S/C24H33F3N4OS2/c1-16-28-15-19(33-16)14-22(32)29-18-4-2-17(3-5-18)7-11-31-12-8-20-21(9-13-31)34-23(30-20)6-10-24(25,26)27/h15,17-18H,2-14H2,1H3,(H,29,32). The van der Waals surface area contributed by atoms with E-state index in [1.807, 2.05) is 6.92 Å². The minimum atomic E-state index is -4.12. The Bertz CT molecular complexity index is 925. The molecule has 5 nitrogen and oxygen atoms in total. The fraction of sp³-hybridized carbons (Fsp3) is 0.708. The van der Waals surface area contributed by atoms with Crippen molar-refractivity contribution in [3.8, 4) is 0 Å². The van der Waals surface area contributed by atoms with E-state index in [9.17, 15) is 18.0 Å². The Hall–Kier alpha value is -1.52. The van der Waals surface area contributed by atoms with Gasteiger partial charge in [0, 0.05) is 54.3 Å². The highest BCUT2D eigenvalue weighted by molar-refractivity contribution is 7.12. The minimum absolute atomic E-state index is 0.00107. The van der Waals surface area contributed by atoms with Gasteiger partial charge in [-0.25, -0.2) is 9.97 Å². The van der Waals surface area contributed by atoms with Crippen molar-refractivity contribution in [3.05, 3.63) is 31.7 Å². The lowest BCUT2D eigenvalue weighted by Gasteiger charge is -2.30. The highest BCUT2D eigenvalue weighted by Crippen LogP contribution is 2.29. The molecule has 1 aliphatic heterocycles. The Labute approximate surface area is 207 Å². The first-order valence-corrected chi connectivity index (χ1v) is 13.8. The van der Waals surface area contributed by atoms with Gasteiger partial charge >= 0.3 is 6.18 Å². The number of nitrogens with zero attached hydrogens (tertiary/aromatic N) is 3. The maximum atomic E-state index is 12.5. The van der Waals surface area contributed by atoms with Crippen LogP contribution in [0.1, 0.15) is 64.0 Å². The molecule has 3 heterocycles. The maximum Gasteiger partial charge on any atom is 0.389 e. The summed E-state index contributed by atoms with van der Waals surface area (Å²) in [7, 11) is 0. The van der Waals surface area contributed by atoms with Gasteiger partial charge in [0.2, 0.25) is 5.91 Å². The van der Waals surface area contributed by atoms with Gasteiger partial charge in [0.1, 0.15) is 0 Å². The summed E-state index contributed by atoms with van der Waals surface area (Å²) in [6.07, 6.45) is 4.57. The summed E-state index contributed by atoms with van der Waals surface area (Å²) < 4.78 is 37.5. The van der Waals surface area contributed by atoms with E-state index in [4.69, 9.17) is 0 Å². The second-order valence-corrected chi connectivity index (χ2v) is 12.0. The normalized spacial score (nSPS) is 21.8. The van der Waals surface area contributed by atoms with Gasteiger partial charge in [0.25, 0.3) is 0 Å². The molecule has 0 radical (unpaired) electrons. The molecule has 1 aliphatic carbocycles. The number of aromatic nitrogens is 2. The molecule has 10 heteroatoms. The number of aryl methyl sites for hydroxylation is 2. The molecular formula is C24H33F3N4OS2. The molecule has 0 spiro atoms. The summed E-state index contributed by atoms with van der Waals surface area (Å²) in [4.78, 5) is 25.7. The summed E-state index contributed by atoms with van der Waals surface area (Å²) >= 11 is 3.05. The van der Waals surface area contributed by atoms with Gasteiger partial charge in [-0.05, 0) is 57.9 Å². The molecule has 0 atom stereocenters. The van der Waals surface area contributed by atoms with E-state index in [-0.39, 0.29) is 18.4 Å². The lowest BCUT2D eigenvalue weighted by atomic mass is 9.84. The van der Waals surface area contributed by atoms with Crippen molar-refractivity contribution in [2.45, 2.75) is 83.4 Å². The molecule has 1 saturated carbocycles. The van der Waals surface area contributed by atoms with Crippen molar-refractivity contribution < 1.29 is 18.0 Å². The quantitative estimate of drug-likeness (QED) is 0.532. The van der Waals surface area contributed by atoms with Crippen LogP contribution >= 0.6 is 22.7 Å². The average Bonchev–Trinajstić information content (AvgIpc) is 3.32. The number of nitrogens with one attached hydrogen (secondary N) is 1. The van der Waals surface area contributed by atoms with Crippen molar-refractivity contribution in [1.82, 2.24) is 20.2 Å². The number of alkyl halides is 3. The summed E-state index contributed by atoms with van der Waals surface area (Å²) in [5.41, 5.74) is 1.01. The van der Waals surface area contributed by atoms with Gasteiger partial charge in [-0.1, -0.05) is 0 Å². The van der Waals surface area contributed by atoms with Gasteiger partial charge in [0.15, 0.2) is 0 Å². The van der Waals surface area contributed by atoms with Gasteiger partial charge < -0.3 is 10.2 Å². The molecule has 2 aromatic rings. The minimum Gasteiger partial charge on any atom is -0.353 e. The lowest BCUT2D eigenvalue weighted by Crippen LogP contribution is -2.38. The lowest BCUT2D eigenvalue weighted by molar-refractivity contribution is -0.134. The zero-order chi connectivity index (χ0) is 24.1. The first kappa shape index (κ1) is 25.6. The predicted molar refractivity (Wildman–Crippen MR) is 129 cm³/mol. The monoisotopic (exact) mass is 514 g/mol. The predicted octanol–water partition coefficient (Wildman–Crippen LogP) is 5.11. The number of halogens is 3. The van der Waals surface area contributed by atoms with Crippen molar-refractivity contribution in [3.63, 3.8) is 0 Å². The maximum absolute atomic E-state index is 12.5. The summed E-state index contributed by atoms with van der Waals surface area (Å²) in [5.74, 6) is 0.793. The van der Waals surface area contributed by atoms with Crippen molar-refractivity contribution in [2.24, 2.45) is 5.92 Å². The van der Waals surface area contributed by atoms with Gasteiger partial charge in [-0.3, -0.25) is 4.79 Å². The van der Waals surface area contributed by atoms with E-state index >= 15 is 0 Å². The van der Waals surface area contributed by atoms with Crippen LogP contribution in [0.2, 0.25) is 0 Å². The topological polar surface area (TPSA) is 58.1 Å². The Morgan fingerprint density at radius 3 is 2.65 bits per heavy atom. The first-order chi connectivity index (χ1) is 16.2. The zero-order valence-corrected chi connectivity index (χ0v) is 21.3. The number of fused-ring (bicyclic) bond motifs is 1. The molecular weight excluding hydrogens is 481 g/mol. The number of hydrogen-bond donors (Lipinski definition) is 1. The van der Waals surface area contributed by atoms with Crippen LogP contribution in [-0.4, -0.2) is 52.6 Å². The molecule has 0 unspecified atom stereocenters. The van der Waals surface area contributed by atoms with E-state index in [0.717, 1.165) is 73.7 Å². The second-order valence-electron chi connectivity index (χ2n) is 9.53. The number of carbonyl (C=O) groups is 1. The number of hydrogen-bond acceptors (Lipinski definition) is 6. The van der Waals surface area contributed by atoms with Crippen molar-refractivity contribution in [2.75, 3.05) is 19.6 Å². The third-order valence-corrected chi connectivity index (χ3v) is 8.96. The van der Waals surface area contributed by atoms with Crippen LogP contribution in [-0.2, 0) is 30.5 Å². The molecule has 2 aromatic heterocycles. The average molecular weight is 515 g/mol. The van der Waals surface area contributed by atoms with E-state index in [1.54, 1.807) is 17.5 Å². The summed E-state index contributed by atoms with van der Waals surface area (Å²) in [6, 6.07) is 0.282. The molecule has 188 valence electrons. The third kappa shape index (κ3) is 7.75. The fourth-order valence-electron chi connectivity index (χ4n) is 4.93. The van der Waals surface area contributed by atoms with E-state index in [1.165, 1.54) is 22.6 Å². The first-order valence-electron chi connectivity index (χ1n) is 12.2.